The quantitative estimate of drug-likeness (QED) is 0.0354. The second kappa shape index (κ2) is 36.7. The second-order valence-corrected chi connectivity index (χ2v) is 13.3. The number of hydrogen-bond acceptors (Lipinski definition) is 23. The molecule has 0 saturated carbocycles. The van der Waals surface area contributed by atoms with Crippen molar-refractivity contribution in [1.29, 1.82) is 0 Å². The average molecular weight is 1030 g/mol. The SMILES string of the molecule is O=C(O)CC(O)(CC(=O)O)C(=O)O.O=C(O)CC(O)(CC(=O)O)C(=O)O.O=C(O)CC(O)(CC(=O)O)C(=O)O.O=C(O)CC(O)(CC(=O)O)C(=O)O.O=P([O-])([O-])OP(=O)([O-])[O-].[Na+].[Na+].[Na+].[Na+]. The van der Waals surface area contributed by atoms with Gasteiger partial charge in [-0.1, -0.05) is 0 Å². The Morgan fingerprint density at radius 2 is 0.400 bits per heavy atom. The zero-order valence-electron chi connectivity index (χ0n) is 33.5. The maximum atomic E-state index is 10.3. The van der Waals surface area contributed by atoms with E-state index in [4.69, 9.17) is 81.7 Å². The van der Waals surface area contributed by atoms with Gasteiger partial charge in [-0.05, 0) is 0 Å². The van der Waals surface area contributed by atoms with Gasteiger partial charge in [0.1, 0.15) is 0 Å². The number of phosphoric acid groups is 2. The van der Waals surface area contributed by atoms with Crippen LogP contribution in [0.3, 0.4) is 0 Å². The second-order valence-electron chi connectivity index (χ2n) is 10.9. The Bertz CT molecular complexity index is 1460. The van der Waals surface area contributed by atoms with E-state index in [9.17, 15) is 86.2 Å². The van der Waals surface area contributed by atoms with E-state index in [-0.39, 0.29) is 118 Å². The topological polar surface area (TPSA) is 664 Å². The van der Waals surface area contributed by atoms with Crippen LogP contribution in [0.2, 0.25) is 0 Å². The van der Waals surface area contributed by atoms with E-state index < -0.39 is 161 Å². The van der Waals surface area contributed by atoms with Crippen molar-refractivity contribution in [3.63, 3.8) is 0 Å². The summed E-state index contributed by atoms with van der Waals surface area (Å²) >= 11 is 0. The van der Waals surface area contributed by atoms with Crippen molar-refractivity contribution in [3.8, 4) is 0 Å². The summed E-state index contributed by atoms with van der Waals surface area (Å²) in [6, 6.07) is 0. The molecule has 65 heavy (non-hydrogen) atoms. The van der Waals surface area contributed by atoms with Crippen molar-refractivity contribution in [2.75, 3.05) is 0 Å². The van der Waals surface area contributed by atoms with Crippen molar-refractivity contribution >= 4 is 87.3 Å². The average Bonchev–Trinajstić information content (AvgIpc) is 2.93. The van der Waals surface area contributed by atoms with E-state index in [0.29, 0.717) is 0 Å². The van der Waals surface area contributed by atoms with E-state index in [2.05, 4.69) is 4.31 Å². The minimum Gasteiger partial charge on any atom is -0.790 e. The number of carboxylic acids is 12. The molecule has 0 aliphatic rings. The predicted molar refractivity (Wildman–Crippen MR) is 165 cm³/mol. The van der Waals surface area contributed by atoms with Crippen LogP contribution in [0.5, 0.6) is 0 Å². The van der Waals surface area contributed by atoms with E-state index in [1.165, 1.54) is 0 Å². The Kier molecular flexibility index (Phi) is 46.8. The zero-order valence-corrected chi connectivity index (χ0v) is 43.3. The van der Waals surface area contributed by atoms with Gasteiger partial charge in [-0.2, -0.15) is 0 Å². The molecule has 0 unspecified atom stereocenters. The van der Waals surface area contributed by atoms with Crippen molar-refractivity contribution in [1.82, 2.24) is 0 Å². The van der Waals surface area contributed by atoms with E-state index >= 15 is 0 Å². The van der Waals surface area contributed by atoms with Gasteiger partial charge in [0.2, 0.25) is 0 Å². The molecule has 0 aromatic heterocycles. The molecule has 0 aliphatic heterocycles. The fourth-order valence-electron chi connectivity index (χ4n) is 2.98. The van der Waals surface area contributed by atoms with Gasteiger partial charge in [-0.15, -0.1) is 0 Å². The zero-order chi connectivity index (χ0) is 50.3. The molecule has 16 N–H and O–H groups in total. The van der Waals surface area contributed by atoms with Gasteiger partial charge in [0.15, 0.2) is 22.4 Å². The van der Waals surface area contributed by atoms with Crippen LogP contribution in [0.15, 0.2) is 0 Å². The first kappa shape index (κ1) is 82.8. The summed E-state index contributed by atoms with van der Waals surface area (Å²) in [6.07, 6.45) is -9.15. The van der Waals surface area contributed by atoms with Crippen molar-refractivity contribution in [3.05, 3.63) is 0 Å². The fraction of sp³-hybridized carbons (Fsp3) is 0.500. The molecule has 0 aromatic carbocycles. The third-order valence-electron chi connectivity index (χ3n) is 5.34. The van der Waals surface area contributed by atoms with Crippen LogP contribution in [-0.2, 0) is 71.0 Å². The number of hydrogen-bond donors (Lipinski definition) is 16. The van der Waals surface area contributed by atoms with Gasteiger partial charge in [-0.3, -0.25) is 38.4 Å². The Morgan fingerprint density at radius 3 is 0.431 bits per heavy atom. The Labute approximate surface area is 447 Å². The predicted octanol–water partition coefficient (Wildman–Crippen LogP) is -20.3. The van der Waals surface area contributed by atoms with Crippen LogP contribution in [0.4, 0.5) is 0 Å². The number of aliphatic carboxylic acids is 12. The summed E-state index contributed by atoms with van der Waals surface area (Å²) in [5.41, 5.74) is -11.0. The summed E-state index contributed by atoms with van der Waals surface area (Å²) in [7, 11) is -11.4. The molecular weight excluding hydrogens is 1000 g/mol. The number of carbonyl (C=O) groups is 12. The summed E-state index contributed by atoms with van der Waals surface area (Å²) in [6.45, 7) is 0. The molecule has 0 saturated heterocycles. The minimum atomic E-state index is -5.68. The van der Waals surface area contributed by atoms with Gasteiger partial charge < -0.3 is 115 Å². The largest absolute Gasteiger partial charge is 1.00 e. The standard InChI is InChI=1S/4C6H8O7.4Na.H4O7P2/c4*7-3(8)1-6(13,5(11)12)2-4(9)10;;;;;1-8(2,3)7-9(4,5)6/h4*13H,1-2H2,(H,7,8)(H,9,10)(H,11,12);;;;;(H2,1,2,3)(H2,4,5,6)/q;;;;4*+1;/p-4. The van der Waals surface area contributed by atoms with Gasteiger partial charge in [-0.25, -0.2) is 19.2 Å². The Balaban J connectivity index is -0.0000000853. The molecule has 0 heterocycles. The summed E-state index contributed by atoms with van der Waals surface area (Å²) in [5.74, 6) is -20.1. The summed E-state index contributed by atoms with van der Waals surface area (Å²) < 4.78 is 21.2. The van der Waals surface area contributed by atoms with Crippen LogP contribution < -0.4 is 138 Å². The van der Waals surface area contributed by atoms with Crippen LogP contribution in [0, 0.1) is 0 Å². The molecule has 0 bridgehead atoms. The number of aliphatic hydroxyl groups is 4. The van der Waals surface area contributed by atoms with Crippen molar-refractivity contribution in [2.45, 2.75) is 73.8 Å². The summed E-state index contributed by atoms with van der Waals surface area (Å²) in [4.78, 5) is 159. The van der Waals surface area contributed by atoms with Crippen LogP contribution in [0.25, 0.3) is 0 Å². The van der Waals surface area contributed by atoms with Crippen LogP contribution in [0.1, 0.15) is 51.4 Å². The first-order chi connectivity index (χ1) is 26.8. The smallest absolute Gasteiger partial charge is 0.790 e. The van der Waals surface area contributed by atoms with Crippen molar-refractivity contribution in [2.24, 2.45) is 0 Å². The molecule has 352 valence electrons. The monoisotopic (exact) mass is 1030 g/mol. The third-order valence-corrected chi connectivity index (χ3v) is 6.94. The molecule has 0 aliphatic carbocycles. The first-order valence-electron chi connectivity index (χ1n) is 14.1. The molecule has 35 nitrogen and oxygen atoms in total. The molecule has 0 rings (SSSR count). The molecule has 0 fully saturated rings. The maximum absolute atomic E-state index is 10.3. The van der Waals surface area contributed by atoms with Crippen LogP contribution in [-0.4, -0.2) is 176 Å². The molecule has 0 spiro atoms. The third kappa shape index (κ3) is 48.0. The Hall–Kier alpha value is -2.26. The number of rotatable bonds is 22. The van der Waals surface area contributed by atoms with E-state index in [0.717, 1.165) is 0 Å². The van der Waals surface area contributed by atoms with E-state index in [1.807, 2.05) is 0 Å². The molecule has 0 radical (unpaired) electrons. The molecular formula is C24H32Na4O35P2. The fourth-order valence-corrected chi connectivity index (χ4v) is 3.96. The maximum Gasteiger partial charge on any atom is 1.00 e. The van der Waals surface area contributed by atoms with Crippen LogP contribution >= 0.6 is 15.6 Å². The molecule has 41 heteroatoms. The first-order valence-corrected chi connectivity index (χ1v) is 17.1. The number of carboxylic acid groups (broad SMARTS) is 12. The minimum absolute atomic E-state index is 0. The van der Waals surface area contributed by atoms with Gasteiger partial charge >= 0.3 is 190 Å². The van der Waals surface area contributed by atoms with Gasteiger partial charge in [0.05, 0.1) is 67.0 Å². The van der Waals surface area contributed by atoms with Crippen molar-refractivity contribution < 1.29 is 290 Å². The summed E-state index contributed by atoms with van der Waals surface area (Å²) in [5, 5.41) is 135. The molecule has 0 aromatic rings. The van der Waals surface area contributed by atoms with Gasteiger partial charge in [0.25, 0.3) is 0 Å². The molecule has 0 atom stereocenters. The van der Waals surface area contributed by atoms with E-state index in [1.54, 1.807) is 0 Å². The molecule has 0 amide bonds. The normalized spacial score (nSPS) is 10.6. The van der Waals surface area contributed by atoms with Gasteiger partial charge in [0, 0.05) is 0 Å². The Morgan fingerprint density at radius 1 is 0.308 bits per heavy atom.